The van der Waals surface area contributed by atoms with E-state index in [0.717, 1.165) is 17.7 Å². The average molecular weight is 346 g/mol. The summed E-state index contributed by atoms with van der Waals surface area (Å²) >= 11 is 1.73. The zero-order valence-corrected chi connectivity index (χ0v) is 15.8. The van der Waals surface area contributed by atoms with Gasteiger partial charge in [0, 0.05) is 28.8 Å². The lowest BCUT2D eigenvalue weighted by Crippen LogP contribution is -2.15. The highest BCUT2D eigenvalue weighted by Crippen LogP contribution is 2.30. The molecule has 1 aromatic heterocycles. The predicted octanol–water partition coefficient (Wildman–Crippen LogP) is 4.71. The number of benzene rings is 1. The molecule has 0 saturated heterocycles. The molecule has 0 aliphatic carbocycles. The van der Waals surface area contributed by atoms with Crippen molar-refractivity contribution in [3.63, 3.8) is 0 Å². The molecule has 24 heavy (non-hydrogen) atoms. The van der Waals surface area contributed by atoms with Crippen LogP contribution in [0.15, 0.2) is 30.5 Å². The average Bonchev–Trinajstić information content (AvgIpc) is 2.59. The van der Waals surface area contributed by atoms with Crippen LogP contribution in [0.25, 0.3) is 0 Å². The van der Waals surface area contributed by atoms with Gasteiger partial charge >= 0.3 is 0 Å². The maximum absolute atomic E-state index is 10.2. The fourth-order valence-electron chi connectivity index (χ4n) is 2.51. The number of hydrogen-bond donors (Lipinski definition) is 2. The Kier molecular flexibility index (Phi) is 6.30. The summed E-state index contributed by atoms with van der Waals surface area (Å²) in [6, 6.07) is 8.80. The fraction of sp³-hybridized carbons (Fsp3) is 0.450. The molecule has 1 heterocycles. The Morgan fingerprint density at radius 1 is 1.12 bits per heavy atom. The van der Waals surface area contributed by atoms with E-state index in [1.165, 1.54) is 11.1 Å². The molecule has 0 spiro atoms. The first kappa shape index (κ1) is 18.8. The van der Waals surface area contributed by atoms with Crippen molar-refractivity contribution < 1.29 is 10.2 Å². The number of aliphatic hydroxyl groups excluding tert-OH is 1. The van der Waals surface area contributed by atoms with E-state index < -0.39 is 0 Å². The quantitative estimate of drug-likeness (QED) is 0.763. The molecule has 4 heteroatoms. The van der Waals surface area contributed by atoms with Gasteiger partial charge in [-0.3, -0.25) is 4.98 Å². The van der Waals surface area contributed by atoms with Crippen LogP contribution in [0.3, 0.4) is 0 Å². The van der Waals surface area contributed by atoms with Gasteiger partial charge in [0.2, 0.25) is 0 Å². The van der Waals surface area contributed by atoms with Gasteiger partial charge in [-0.05, 0) is 29.9 Å². The molecular formula is C20H27NO2S. The molecule has 0 saturated carbocycles. The number of aliphatic hydroxyl groups is 1. The molecule has 3 nitrogen and oxygen atoms in total. The number of aromatic nitrogens is 1. The number of nitrogens with zero attached hydrogens (tertiary/aromatic N) is 1. The molecule has 130 valence electrons. The Balaban J connectivity index is 2.02. The maximum Gasteiger partial charge on any atom is 0.141 e. The smallest absolute Gasteiger partial charge is 0.141 e. The summed E-state index contributed by atoms with van der Waals surface area (Å²) in [5, 5.41) is 19.6. The Morgan fingerprint density at radius 2 is 1.79 bits per heavy atom. The number of pyridine rings is 1. The van der Waals surface area contributed by atoms with Crippen molar-refractivity contribution in [2.75, 3.05) is 0 Å². The second kappa shape index (κ2) is 8.04. The van der Waals surface area contributed by atoms with Crippen molar-refractivity contribution in [2.45, 2.75) is 57.6 Å². The summed E-state index contributed by atoms with van der Waals surface area (Å²) in [5.41, 5.74) is 4.94. The first-order valence-corrected chi connectivity index (χ1v) is 9.49. The molecule has 0 radical (unpaired) electrons. The molecule has 0 bridgehead atoms. The molecule has 0 atom stereocenters. The normalized spacial score (nSPS) is 11.7. The first-order valence-electron chi connectivity index (χ1n) is 8.33. The number of rotatable bonds is 7. The van der Waals surface area contributed by atoms with Gasteiger partial charge in [-0.2, -0.15) is 11.8 Å². The lowest BCUT2D eigenvalue weighted by molar-refractivity contribution is 0.279. The van der Waals surface area contributed by atoms with Gasteiger partial charge in [0.05, 0.1) is 12.3 Å². The van der Waals surface area contributed by atoms with E-state index in [1.54, 1.807) is 24.9 Å². The second-order valence-electron chi connectivity index (χ2n) is 6.78. The molecule has 1 aromatic carbocycles. The van der Waals surface area contributed by atoms with Gasteiger partial charge in [-0.1, -0.05) is 45.0 Å². The Hall–Kier alpha value is -1.52. The van der Waals surface area contributed by atoms with Gasteiger partial charge < -0.3 is 10.2 Å². The highest BCUT2D eigenvalue weighted by atomic mass is 32.2. The van der Waals surface area contributed by atoms with E-state index in [4.69, 9.17) is 0 Å². The topological polar surface area (TPSA) is 53.4 Å². The summed E-state index contributed by atoms with van der Waals surface area (Å²) in [6.07, 6.45) is 2.76. The molecule has 0 fully saturated rings. The number of thioether (sulfide) groups is 1. The van der Waals surface area contributed by atoms with Crippen molar-refractivity contribution in [1.29, 1.82) is 0 Å². The van der Waals surface area contributed by atoms with Crippen LogP contribution in [0, 0.1) is 6.92 Å². The third-order valence-corrected chi connectivity index (χ3v) is 5.77. The van der Waals surface area contributed by atoms with Gasteiger partial charge in [-0.25, -0.2) is 0 Å². The van der Waals surface area contributed by atoms with E-state index in [1.807, 2.05) is 0 Å². The third kappa shape index (κ3) is 4.31. The highest BCUT2D eigenvalue weighted by molar-refractivity contribution is 7.97. The zero-order valence-electron chi connectivity index (χ0n) is 15.0. The number of aryl methyl sites for hydroxylation is 1. The van der Waals surface area contributed by atoms with Gasteiger partial charge in [0.15, 0.2) is 0 Å². The maximum atomic E-state index is 10.2. The Labute approximate surface area is 149 Å². The lowest BCUT2D eigenvalue weighted by Gasteiger charge is -2.23. The second-order valence-corrected chi connectivity index (χ2v) is 7.77. The molecular weight excluding hydrogens is 318 g/mol. The molecule has 2 rings (SSSR count). The Morgan fingerprint density at radius 3 is 2.38 bits per heavy atom. The van der Waals surface area contributed by atoms with Crippen LogP contribution in [0.2, 0.25) is 0 Å². The van der Waals surface area contributed by atoms with Gasteiger partial charge in [-0.15, -0.1) is 0 Å². The minimum atomic E-state index is -0.0997. The van der Waals surface area contributed by atoms with Crippen LogP contribution >= 0.6 is 11.8 Å². The van der Waals surface area contributed by atoms with Gasteiger partial charge in [0.25, 0.3) is 0 Å². The largest absolute Gasteiger partial charge is 0.506 e. The number of hydrogen-bond acceptors (Lipinski definition) is 4. The fourth-order valence-corrected chi connectivity index (χ4v) is 3.57. The standard InChI is InChI=1S/C20H27NO2S/c1-5-20(3,4)17-8-6-15(7-9-17)12-24-13-18-16(11-22)10-21-14(2)19(18)23/h6-10,22-23H,5,11-13H2,1-4H3. The van der Waals surface area contributed by atoms with Crippen LogP contribution in [0.5, 0.6) is 5.75 Å². The van der Waals surface area contributed by atoms with Crippen LogP contribution in [-0.2, 0) is 23.5 Å². The summed E-state index contributed by atoms with van der Waals surface area (Å²) < 4.78 is 0. The summed E-state index contributed by atoms with van der Waals surface area (Å²) in [4.78, 5) is 4.10. The molecule has 0 amide bonds. The van der Waals surface area contributed by atoms with E-state index in [0.29, 0.717) is 17.0 Å². The van der Waals surface area contributed by atoms with Crippen molar-refractivity contribution in [3.05, 3.63) is 58.4 Å². The summed E-state index contributed by atoms with van der Waals surface area (Å²) in [5.74, 6) is 1.74. The predicted molar refractivity (Wildman–Crippen MR) is 101 cm³/mol. The van der Waals surface area contributed by atoms with Crippen molar-refractivity contribution in [1.82, 2.24) is 4.98 Å². The Bertz CT molecular complexity index is 681. The first-order chi connectivity index (χ1) is 11.4. The van der Waals surface area contributed by atoms with E-state index in [2.05, 4.69) is 50.0 Å². The zero-order chi connectivity index (χ0) is 17.7. The van der Waals surface area contributed by atoms with E-state index >= 15 is 0 Å². The van der Waals surface area contributed by atoms with Crippen LogP contribution in [0.1, 0.15) is 55.1 Å². The SMILES string of the molecule is CCC(C)(C)c1ccc(CSCc2c(CO)cnc(C)c2O)cc1. The molecule has 0 unspecified atom stereocenters. The molecule has 2 aromatic rings. The molecule has 0 aliphatic heterocycles. The summed E-state index contributed by atoms with van der Waals surface area (Å²) in [7, 11) is 0. The monoisotopic (exact) mass is 345 g/mol. The van der Waals surface area contributed by atoms with Crippen LogP contribution in [-0.4, -0.2) is 15.2 Å². The number of aromatic hydroxyl groups is 1. The summed E-state index contributed by atoms with van der Waals surface area (Å²) in [6.45, 7) is 8.42. The highest BCUT2D eigenvalue weighted by Gasteiger charge is 2.17. The van der Waals surface area contributed by atoms with E-state index in [-0.39, 0.29) is 17.8 Å². The minimum absolute atomic E-state index is 0.0997. The molecule has 2 N–H and O–H groups in total. The van der Waals surface area contributed by atoms with Gasteiger partial charge in [0.1, 0.15) is 5.75 Å². The molecule has 0 aliphatic rings. The minimum Gasteiger partial charge on any atom is -0.506 e. The van der Waals surface area contributed by atoms with Crippen LogP contribution < -0.4 is 0 Å². The van der Waals surface area contributed by atoms with E-state index in [9.17, 15) is 10.2 Å². The third-order valence-electron chi connectivity index (χ3n) is 4.73. The van der Waals surface area contributed by atoms with Crippen molar-refractivity contribution in [3.8, 4) is 5.75 Å². The lowest BCUT2D eigenvalue weighted by atomic mass is 9.82. The van der Waals surface area contributed by atoms with Crippen LogP contribution in [0.4, 0.5) is 0 Å². The van der Waals surface area contributed by atoms with Crippen molar-refractivity contribution >= 4 is 11.8 Å². The van der Waals surface area contributed by atoms with Crippen molar-refractivity contribution in [2.24, 2.45) is 0 Å².